The molecule has 0 aliphatic carbocycles. The van der Waals surface area contributed by atoms with Crippen molar-refractivity contribution in [3.8, 4) is 0 Å². The average Bonchev–Trinajstić information content (AvgIpc) is 2.70. The van der Waals surface area contributed by atoms with Crippen LogP contribution in [0.15, 0.2) is 0 Å². The normalized spacial score (nSPS) is 25.7. The number of aliphatic carboxylic acids is 1. The van der Waals surface area contributed by atoms with Crippen LogP contribution in [0.25, 0.3) is 0 Å². The first-order valence-corrected chi connectivity index (χ1v) is 6.84. The fourth-order valence-corrected chi connectivity index (χ4v) is 2.38. The predicted octanol–water partition coefficient (Wildman–Crippen LogP) is 1.32. The molecule has 0 aromatic carbocycles. The van der Waals surface area contributed by atoms with Crippen molar-refractivity contribution in [2.75, 3.05) is 6.54 Å². The Hall–Kier alpha value is -1.10. The minimum atomic E-state index is -0.933. The zero-order chi connectivity index (χ0) is 15.0. The molecule has 0 spiro atoms. The summed E-state index contributed by atoms with van der Waals surface area (Å²) in [4.78, 5) is 25.2. The van der Waals surface area contributed by atoms with E-state index >= 15 is 0 Å². The minimum Gasteiger partial charge on any atom is -0.480 e. The second-order valence-electron chi connectivity index (χ2n) is 6.93. The Morgan fingerprint density at radius 2 is 1.84 bits per heavy atom. The average molecular weight is 270 g/mol. The molecule has 1 fully saturated rings. The first-order valence-electron chi connectivity index (χ1n) is 6.84. The van der Waals surface area contributed by atoms with Crippen molar-refractivity contribution in [2.24, 2.45) is 23.0 Å². The van der Waals surface area contributed by atoms with Crippen LogP contribution in [0.1, 0.15) is 41.0 Å². The van der Waals surface area contributed by atoms with Gasteiger partial charge in [0.1, 0.15) is 6.04 Å². The van der Waals surface area contributed by atoms with Crippen LogP contribution >= 0.6 is 0 Å². The molecule has 5 heteroatoms. The molecule has 1 saturated heterocycles. The number of likely N-dealkylation sites (tertiary alicyclic amines) is 1. The largest absolute Gasteiger partial charge is 0.480 e. The molecular formula is C14H26N2O3. The Kier molecular flexibility index (Phi) is 4.61. The van der Waals surface area contributed by atoms with Crippen molar-refractivity contribution in [1.82, 2.24) is 4.90 Å². The van der Waals surface area contributed by atoms with E-state index in [1.165, 1.54) is 4.90 Å². The molecule has 110 valence electrons. The molecule has 5 nitrogen and oxygen atoms in total. The summed E-state index contributed by atoms with van der Waals surface area (Å²) in [6.45, 7) is 10.3. The molecular weight excluding hydrogens is 244 g/mol. The van der Waals surface area contributed by atoms with E-state index < -0.39 is 18.1 Å². The van der Waals surface area contributed by atoms with Crippen molar-refractivity contribution >= 4 is 11.9 Å². The monoisotopic (exact) mass is 270 g/mol. The highest BCUT2D eigenvalue weighted by Crippen LogP contribution is 2.31. The lowest BCUT2D eigenvalue weighted by Gasteiger charge is -2.31. The number of carbonyl (C=O) groups is 2. The highest BCUT2D eigenvalue weighted by atomic mass is 16.4. The first kappa shape index (κ1) is 16.0. The van der Waals surface area contributed by atoms with Crippen LogP contribution in [0.2, 0.25) is 0 Å². The molecule has 0 bridgehead atoms. The highest BCUT2D eigenvalue weighted by molar-refractivity contribution is 5.88. The molecule has 3 atom stereocenters. The zero-order valence-corrected chi connectivity index (χ0v) is 12.5. The van der Waals surface area contributed by atoms with Crippen molar-refractivity contribution in [1.29, 1.82) is 0 Å². The number of carboxylic acids is 1. The third-order valence-electron chi connectivity index (χ3n) is 4.04. The lowest BCUT2D eigenvalue weighted by Crippen LogP contribution is -2.53. The number of hydrogen-bond acceptors (Lipinski definition) is 3. The van der Waals surface area contributed by atoms with E-state index in [9.17, 15) is 14.7 Å². The van der Waals surface area contributed by atoms with Gasteiger partial charge in [0.2, 0.25) is 5.91 Å². The summed E-state index contributed by atoms with van der Waals surface area (Å²) in [5.41, 5.74) is 5.61. The van der Waals surface area contributed by atoms with Gasteiger partial charge in [0.25, 0.3) is 0 Å². The van der Waals surface area contributed by atoms with Crippen LogP contribution in [-0.4, -0.2) is 40.5 Å². The van der Waals surface area contributed by atoms with Crippen molar-refractivity contribution in [3.63, 3.8) is 0 Å². The number of nitrogens with two attached hydrogens (primary N) is 1. The quantitative estimate of drug-likeness (QED) is 0.810. The number of nitrogens with zero attached hydrogens (tertiary/aromatic N) is 1. The number of rotatable bonds is 3. The van der Waals surface area contributed by atoms with Gasteiger partial charge in [0, 0.05) is 6.54 Å². The van der Waals surface area contributed by atoms with Crippen LogP contribution in [0.3, 0.4) is 0 Å². The van der Waals surface area contributed by atoms with Gasteiger partial charge in [-0.2, -0.15) is 0 Å². The maximum Gasteiger partial charge on any atom is 0.326 e. The van der Waals surface area contributed by atoms with Gasteiger partial charge >= 0.3 is 5.97 Å². The Morgan fingerprint density at radius 3 is 2.21 bits per heavy atom. The molecule has 1 heterocycles. The van der Waals surface area contributed by atoms with Crippen LogP contribution in [0.4, 0.5) is 0 Å². The molecule has 1 aliphatic rings. The van der Waals surface area contributed by atoms with Gasteiger partial charge in [-0.1, -0.05) is 34.6 Å². The third kappa shape index (κ3) is 3.47. The zero-order valence-electron chi connectivity index (χ0n) is 12.5. The van der Waals surface area contributed by atoms with E-state index in [0.29, 0.717) is 18.9 Å². The van der Waals surface area contributed by atoms with Gasteiger partial charge in [0.05, 0.1) is 6.04 Å². The number of carbonyl (C=O) groups excluding carboxylic acids is 1. The topological polar surface area (TPSA) is 83.6 Å². The summed E-state index contributed by atoms with van der Waals surface area (Å²) >= 11 is 0. The molecule has 0 saturated carbocycles. The highest BCUT2D eigenvalue weighted by Gasteiger charge is 2.43. The number of carboxylic acid groups (broad SMARTS) is 1. The summed E-state index contributed by atoms with van der Waals surface area (Å²) in [5.74, 6) is -0.580. The minimum absolute atomic E-state index is 0.234. The Morgan fingerprint density at radius 1 is 1.32 bits per heavy atom. The summed E-state index contributed by atoms with van der Waals surface area (Å²) in [6.07, 6.45) is 0.523. The SMILES string of the molecule is CC(C)C1CC(C(=O)O)N(C(=O)C(N)C(C)(C)C)C1. The van der Waals surface area contributed by atoms with E-state index in [1.807, 2.05) is 20.8 Å². The van der Waals surface area contributed by atoms with Crippen molar-refractivity contribution in [2.45, 2.75) is 53.1 Å². The van der Waals surface area contributed by atoms with Crippen molar-refractivity contribution in [3.05, 3.63) is 0 Å². The standard InChI is InChI=1S/C14H26N2O3/c1-8(2)9-6-10(13(18)19)16(7-9)12(17)11(15)14(3,4)5/h8-11H,6-7,15H2,1-5H3,(H,18,19). The Labute approximate surface area is 115 Å². The van der Waals surface area contributed by atoms with Gasteiger partial charge in [-0.15, -0.1) is 0 Å². The molecule has 1 aliphatic heterocycles. The predicted molar refractivity (Wildman–Crippen MR) is 73.5 cm³/mol. The molecule has 1 amide bonds. The fourth-order valence-electron chi connectivity index (χ4n) is 2.38. The van der Waals surface area contributed by atoms with E-state index in [1.54, 1.807) is 0 Å². The van der Waals surface area contributed by atoms with Gasteiger partial charge < -0.3 is 15.7 Å². The van der Waals surface area contributed by atoms with E-state index in [4.69, 9.17) is 5.73 Å². The van der Waals surface area contributed by atoms with E-state index in [0.717, 1.165) is 0 Å². The molecule has 3 unspecified atom stereocenters. The lowest BCUT2D eigenvalue weighted by atomic mass is 9.86. The van der Waals surface area contributed by atoms with Crippen LogP contribution < -0.4 is 5.73 Å². The maximum absolute atomic E-state index is 12.4. The molecule has 0 radical (unpaired) electrons. The van der Waals surface area contributed by atoms with Crippen molar-refractivity contribution < 1.29 is 14.7 Å². The second kappa shape index (κ2) is 5.49. The molecule has 0 aromatic rings. The summed E-state index contributed by atoms with van der Waals surface area (Å²) < 4.78 is 0. The maximum atomic E-state index is 12.4. The summed E-state index contributed by atoms with van der Waals surface area (Å²) in [6, 6.07) is -1.39. The van der Waals surface area contributed by atoms with Crippen LogP contribution in [0, 0.1) is 17.3 Å². The van der Waals surface area contributed by atoms with Crippen LogP contribution in [0.5, 0.6) is 0 Å². The second-order valence-corrected chi connectivity index (χ2v) is 6.93. The van der Waals surface area contributed by atoms with Gasteiger partial charge in [-0.3, -0.25) is 4.79 Å². The van der Waals surface area contributed by atoms with E-state index in [2.05, 4.69) is 13.8 Å². The van der Waals surface area contributed by atoms with E-state index in [-0.39, 0.29) is 17.2 Å². The summed E-state index contributed by atoms with van der Waals surface area (Å²) in [5, 5.41) is 9.28. The fraction of sp³-hybridized carbons (Fsp3) is 0.857. The lowest BCUT2D eigenvalue weighted by molar-refractivity contribution is -0.149. The van der Waals surface area contributed by atoms with Crippen LogP contribution in [-0.2, 0) is 9.59 Å². The van der Waals surface area contributed by atoms with Gasteiger partial charge in [-0.05, 0) is 23.7 Å². The smallest absolute Gasteiger partial charge is 0.326 e. The van der Waals surface area contributed by atoms with Gasteiger partial charge in [0.15, 0.2) is 0 Å². The number of amides is 1. The first-order chi connectivity index (χ1) is 8.55. The van der Waals surface area contributed by atoms with Gasteiger partial charge in [-0.25, -0.2) is 4.79 Å². The number of hydrogen-bond donors (Lipinski definition) is 2. The Balaban J connectivity index is 2.91. The molecule has 1 rings (SSSR count). The third-order valence-corrected chi connectivity index (χ3v) is 4.04. The molecule has 3 N–H and O–H groups in total. The Bertz CT molecular complexity index is 360. The summed E-state index contributed by atoms with van der Waals surface area (Å²) in [7, 11) is 0. The molecule has 19 heavy (non-hydrogen) atoms. The molecule has 0 aromatic heterocycles.